The van der Waals surface area contributed by atoms with Gasteiger partial charge in [-0.05, 0) is 55.2 Å². The first-order chi connectivity index (χ1) is 14.5. The van der Waals surface area contributed by atoms with E-state index in [-0.39, 0.29) is 11.8 Å². The number of ether oxygens (including phenoxy) is 2. The van der Waals surface area contributed by atoms with Gasteiger partial charge in [0.1, 0.15) is 17.5 Å². The topological polar surface area (TPSA) is 67.9 Å². The number of aryl methyl sites for hydroxylation is 1. The van der Waals surface area contributed by atoms with Gasteiger partial charge in [-0.25, -0.2) is 0 Å². The number of benzene rings is 2. The second-order valence-corrected chi connectivity index (χ2v) is 7.11. The third-order valence-electron chi connectivity index (χ3n) is 5.10. The highest BCUT2D eigenvalue weighted by atomic mass is 16.5. The van der Waals surface area contributed by atoms with E-state index in [4.69, 9.17) is 9.47 Å². The smallest absolute Gasteiger partial charge is 0.242 e. The van der Waals surface area contributed by atoms with Gasteiger partial charge in [-0.15, -0.1) is 0 Å². The van der Waals surface area contributed by atoms with Crippen LogP contribution < -0.4 is 14.8 Å². The van der Waals surface area contributed by atoms with E-state index in [1.54, 1.807) is 19.1 Å². The summed E-state index contributed by atoms with van der Waals surface area (Å²) in [4.78, 5) is 27.1. The van der Waals surface area contributed by atoms with Gasteiger partial charge in [0.05, 0.1) is 13.7 Å². The summed E-state index contributed by atoms with van der Waals surface area (Å²) in [5.41, 5.74) is 2.15. The number of hydrogen-bond acceptors (Lipinski definition) is 4. The summed E-state index contributed by atoms with van der Waals surface area (Å²) in [6, 6.07) is 14.8. The summed E-state index contributed by atoms with van der Waals surface area (Å²) in [6.07, 6.45) is 1.44. The van der Waals surface area contributed by atoms with Crippen molar-refractivity contribution in [1.82, 2.24) is 10.2 Å². The molecule has 2 amide bonds. The van der Waals surface area contributed by atoms with Crippen LogP contribution in [0.5, 0.6) is 11.5 Å². The lowest BCUT2D eigenvalue weighted by Gasteiger charge is -2.30. The van der Waals surface area contributed by atoms with Gasteiger partial charge in [-0.1, -0.05) is 31.2 Å². The van der Waals surface area contributed by atoms with Crippen LogP contribution in [0.2, 0.25) is 0 Å². The van der Waals surface area contributed by atoms with Crippen LogP contribution in [0.15, 0.2) is 48.5 Å². The Kier molecular flexibility index (Phi) is 9.19. The first kappa shape index (κ1) is 23.3. The highest BCUT2D eigenvalue weighted by molar-refractivity contribution is 5.87. The van der Waals surface area contributed by atoms with Gasteiger partial charge >= 0.3 is 0 Å². The number of carbonyl (C=O) groups excluding carboxylic acids is 2. The average molecular weight is 413 g/mol. The summed E-state index contributed by atoms with van der Waals surface area (Å²) >= 11 is 0. The molecular formula is C24H32N2O4. The largest absolute Gasteiger partial charge is 0.497 e. The fourth-order valence-corrected chi connectivity index (χ4v) is 3.29. The number of methoxy groups -OCH3 is 1. The molecular weight excluding hydrogens is 380 g/mol. The van der Waals surface area contributed by atoms with Crippen LogP contribution >= 0.6 is 0 Å². The summed E-state index contributed by atoms with van der Waals surface area (Å²) in [5, 5.41) is 2.68. The van der Waals surface area contributed by atoms with Crippen molar-refractivity contribution in [2.24, 2.45) is 0 Å². The van der Waals surface area contributed by atoms with E-state index in [0.717, 1.165) is 22.6 Å². The molecule has 1 unspecified atom stereocenters. The van der Waals surface area contributed by atoms with E-state index in [0.29, 0.717) is 32.4 Å². The number of nitrogens with zero attached hydrogens (tertiary/aromatic N) is 1. The van der Waals surface area contributed by atoms with Crippen LogP contribution in [0.1, 0.15) is 37.3 Å². The standard InChI is InChI=1S/C24H32N2O4/c1-5-22(24(28)25-3)26(17-19-10-7-6-9-18(19)2)23(27)11-8-16-30-21-14-12-20(29-4)13-15-21/h6-7,9-10,12-15,22H,5,8,11,16-17H2,1-4H3,(H,25,28). The van der Waals surface area contributed by atoms with Crippen molar-refractivity contribution in [3.63, 3.8) is 0 Å². The zero-order valence-electron chi connectivity index (χ0n) is 18.3. The quantitative estimate of drug-likeness (QED) is 0.571. The molecule has 0 aliphatic heterocycles. The maximum Gasteiger partial charge on any atom is 0.242 e. The molecule has 0 spiro atoms. The SMILES string of the molecule is CCC(C(=O)NC)N(Cc1ccccc1C)C(=O)CCCOc1ccc(OC)cc1. The van der Waals surface area contributed by atoms with E-state index in [9.17, 15) is 9.59 Å². The molecule has 0 aliphatic carbocycles. The first-order valence-corrected chi connectivity index (χ1v) is 10.3. The van der Waals surface area contributed by atoms with Crippen molar-refractivity contribution in [3.8, 4) is 11.5 Å². The molecule has 0 bridgehead atoms. The lowest BCUT2D eigenvalue weighted by molar-refractivity contribution is -0.141. The van der Waals surface area contributed by atoms with E-state index in [1.807, 2.05) is 62.4 Å². The number of rotatable bonds is 11. The molecule has 0 heterocycles. The van der Waals surface area contributed by atoms with Crippen molar-refractivity contribution in [3.05, 3.63) is 59.7 Å². The second kappa shape index (κ2) is 11.9. The minimum atomic E-state index is -0.496. The lowest BCUT2D eigenvalue weighted by Crippen LogP contribution is -2.48. The van der Waals surface area contributed by atoms with Crippen LogP contribution in [0.25, 0.3) is 0 Å². The lowest BCUT2D eigenvalue weighted by atomic mass is 10.1. The molecule has 0 aliphatic rings. The zero-order valence-corrected chi connectivity index (χ0v) is 18.3. The Morgan fingerprint density at radius 3 is 2.33 bits per heavy atom. The van der Waals surface area contributed by atoms with Crippen molar-refractivity contribution < 1.29 is 19.1 Å². The fourth-order valence-electron chi connectivity index (χ4n) is 3.29. The summed E-state index contributed by atoms with van der Waals surface area (Å²) in [5.74, 6) is 1.31. The van der Waals surface area contributed by atoms with Crippen molar-refractivity contribution in [2.75, 3.05) is 20.8 Å². The molecule has 6 heteroatoms. The van der Waals surface area contributed by atoms with E-state index < -0.39 is 6.04 Å². The molecule has 0 radical (unpaired) electrons. The van der Waals surface area contributed by atoms with Crippen LogP contribution in [-0.2, 0) is 16.1 Å². The Balaban J connectivity index is 2.00. The molecule has 6 nitrogen and oxygen atoms in total. The summed E-state index contributed by atoms with van der Waals surface area (Å²) in [6.45, 7) is 4.77. The van der Waals surface area contributed by atoms with E-state index >= 15 is 0 Å². The molecule has 30 heavy (non-hydrogen) atoms. The predicted octanol–water partition coefficient (Wildman–Crippen LogP) is 3.72. The summed E-state index contributed by atoms with van der Waals surface area (Å²) < 4.78 is 10.9. The molecule has 0 saturated heterocycles. The van der Waals surface area contributed by atoms with Gasteiger partial charge in [-0.2, -0.15) is 0 Å². The Bertz CT molecular complexity index is 820. The van der Waals surface area contributed by atoms with Gasteiger partial charge < -0.3 is 19.7 Å². The summed E-state index contributed by atoms with van der Waals surface area (Å²) in [7, 11) is 3.22. The number of nitrogens with one attached hydrogen (secondary N) is 1. The van der Waals surface area contributed by atoms with Crippen molar-refractivity contribution in [1.29, 1.82) is 0 Å². The maximum atomic E-state index is 13.0. The number of carbonyl (C=O) groups is 2. The fraction of sp³-hybridized carbons (Fsp3) is 0.417. The highest BCUT2D eigenvalue weighted by Gasteiger charge is 2.27. The van der Waals surface area contributed by atoms with Gasteiger partial charge in [0.25, 0.3) is 0 Å². The Morgan fingerprint density at radius 2 is 1.73 bits per heavy atom. The predicted molar refractivity (Wildman–Crippen MR) is 118 cm³/mol. The molecule has 0 saturated carbocycles. The van der Waals surface area contributed by atoms with E-state index in [2.05, 4.69) is 5.32 Å². The van der Waals surface area contributed by atoms with Crippen LogP contribution in [0.3, 0.4) is 0 Å². The zero-order chi connectivity index (χ0) is 21.9. The third kappa shape index (κ3) is 6.51. The number of likely N-dealkylation sites (N-methyl/N-ethyl adjacent to an activating group) is 1. The normalized spacial score (nSPS) is 11.5. The minimum Gasteiger partial charge on any atom is -0.497 e. The molecule has 2 aromatic rings. The van der Waals surface area contributed by atoms with E-state index in [1.165, 1.54) is 0 Å². The first-order valence-electron chi connectivity index (χ1n) is 10.3. The molecule has 0 aromatic heterocycles. The van der Waals surface area contributed by atoms with Crippen LogP contribution in [0, 0.1) is 6.92 Å². The van der Waals surface area contributed by atoms with Crippen LogP contribution in [-0.4, -0.2) is 43.5 Å². The van der Waals surface area contributed by atoms with Gasteiger partial charge in [0.15, 0.2) is 0 Å². The minimum absolute atomic E-state index is 0.0490. The molecule has 2 aromatic carbocycles. The number of amides is 2. The van der Waals surface area contributed by atoms with Gasteiger partial charge in [0.2, 0.25) is 11.8 Å². The van der Waals surface area contributed by atoms with Gasteiger partial charge in [-0.3, -0.25) is 9.59 Å². The van der Waals surface area contributed by atoms with Gasteiger partial charge in [0, 0.05) is 20.0 Å². The molecule has 1 N–H and O–H groups in total. The molecule has 162 valence electrons. The Labute approximate surface area is 179 Å². The third-order valence-corrected chi connectivity index (χ3v) is 5.10. The Hall–Kier alpha value is -3.02. The molecule has 0 fully saturated rings. The molecule has 1 atom stereocenters. The maximum absolute atomic E-state index is 13.0. The second-order valence-electron chi connectivity index (χ2n) is 7.11. The van der Waals surface area contributed by atoms with Crippen molar-refractivity contribution in [2.45, 2.75) is 45.7 Å². The average Bonchev–Trinajstić information content (AvgIpc) is 2.77. The number of hydrogen-bond donors (Lipinski definition) is 1. The highest BCUT2D eigenvalue weighted by Crippen LogP contribution is 2.19. The van der Waals surface area contributed by atoms with Crippen LogP contribution in [0.4, 0.5) is 0 Å². The Morgan fingerprint density at radius 1 is 1.07 bits per heavy atom. The molecule has 2 rings (SSSR count). The monoisotopic (exact) mass is 412 g/mol. The van der Waals surface area contributed by atoms with Crippen molar-refractivity contribution >= 4 is 11.8 Å².